The molecular formula is C11H11NO3S. The molecule has 0 radical (unpaired) electrons. The van der Waals surface area contributed by atoms with E-state index >= 15 is 0 Å². The average Bonchev–Trinajstić information content (AvgIpc) is 2.94. The maximum absolute atomic E-state index is 10.1. The monoisotopic (exact) mass is 237 g/mol. The second-order valence-electron chi connectivity index (χ2n) is 3.25. The van der Waals surface area contributed by atoms with Gasteiger partial charge in [-0.2, -0.15) is 11.3 Å². The fourth-order valence-electron chi connectivity index (χ4n) is 1.46. The van der Waals surface area contributed by atoms with Crippen molar-refractivity contribution in [1.29, 1.82) is 0 Å². The van der Waals surface area contributed by atoms with Crippen LogP contribution in [0, 0.1) is 0 Å². The smallest absolute Gasteiger partial charge is 0.293 e. The number of hydrogen-bond acceptors (Lipinski definition) is 5. The van der Waals surface area contributed by atoms with Crippen LogP contribution in [-0.4, -0.2) is 13.1 Å². The molecule has 0 aliphatic carbocycles. The highest BCUT2D eigenvalue weighted by Gasteiger charge is 2.15. The van der Waals surface area contributed by atoms with E-state index in [1.165, 1.54) is 0 Å². The van der Waals surface area contributed by atoms with Crippen molar-refractivity contribution in [3.05, 3.63) is 34.7 Å². The van der Waals surface area contributed by atoms with Crippen LogP contribution in [0.3, 0.4) is 0 Å². The van der Waals surface area contributed by atoms with Gasteiger partial charge >= 0.3 is 0 Å². The van der Waals surface area contributed by atoms with E-state index in [1.54, 1.807) is 17.6 Å². The molecule has 0 saturated heterocycles. The lowest BCUT2D eigenvalue weighted by molar-refractivity contribution is -0.129. The van der Waals surface area contributed by atoms with Crippen molar-refractivity contribution in [1.82, 2.24) is 0 Å². The molecule has 4 nitrogen and oxygen atoms in total. The fraction of sp³-hybridized carbons (Fsp3) is 0.182. The Balaban J connectivity index is 2.22. The summed E-state index contributed by atoms with van der Waals surface area (Å²) in [5.41, 5.74) is 7.80. The number of ether oxygens (including phenoxy) is 1. The van der Waals surface area contributed by atoms with Gasteiger partial charge in [0.25, 0.3) is 6.47 Å². The number of rotatable bonds is 5. The molecule has 0 bridgehead atoms. The second kappa shape index (κ2) is 4.96. The lowest BCUT2D eigenvalue weighted by atomic mass is 10.1. The number of carbonyl (C=O) groups is 1. The maximum Gasteiger partial charge on any atom is 0.293 e. The molecule has 0 fully saturated rings. The average molecular weight is 237 g/mol. The molecule has 0 aromatic carbocycles. The first kappa shape index (κ1) is 10.9. The summed E-state index contributed by atoms with van der Waals surface area (Å²) in [4.78, 5) is 10.1. The molecule has 2 N–H and O–H groups in total. The van der Waals surface area contributed by atoms with Gasteiger partial charge in [0.1, 0.15) is 12.4 Å². The van der Waals surface area contributed by atoms with E-state index in [4.69, 9.17) is 10.2 Å². The zero-order valence-electron chi connectivity index (χ0n) is 8.46. The Morgan fingerprint density at radius 2 is 2.44 bits per heavy atom. The molecule has 5 heteroatoms. The number of furan rings is 1. The van der Waals surface area contributed by atoms with Gasteiger partial charge in [0.2, 0.25) is 0 Å². The standard InChI is InChI=1S/C11H11NO3S/c12-10(4-14-7-13)8-5-16-6-9(8)11-2-1-3-15-11/h1-3,5-7,10H,4,12H2. The normalized spacial score (nSPS) is 12.3. The highest BCUT2D eigenvalue weighted by atomic mass is 32.1. The highest BCUT2D eigenvalue weighted by Crippen LogP contribution is 2.31. The zero-order chi connectivity index (χ0) is 11.4. The van der Waals surface area contributed by atoms with E-state index in [9.17, 15) is 4.79 Å². The molecule has 84 valence electrons. The molecule has 2 rings (SSSR count). The van der Waals surface area contributed by atoms with Crippen LogP contribution in [0.5, 0.6) is 0 Å². The Morgan fingerprint density at radius 1 is 1.56 bits per heavy atom. The van der Waals surface area contributed by atoms with E-state index in [0.29, 0.717) is 6.47 Å². The van der Waals surface area contributed by atoms with E-state index in [2.05, 4.69) is 4.74 Å². The van der Waals surface area contributed by atoms with Gasteiger partial charge in [-0.15, -0.1) is 0 Å². The summed E-state index contributed by atoms with van der Waals surface area (Å²) >= 11 is 1.54. The van der Waals surface area contributed by atoms with Crippen molar-refractivity contribution in [3.8, 4) is 11.3 Å². The first-order chi connectivity index (χ1) is 7.83. The van der Waals surface area contributed by atoms with Crippen LogP contribution in [0.1, 0.15) is 11.6 Å². The van der Waals surface area contributed by atoms with E-state index in [1.807, 2.05) is 22.9 Å². The third-order valence-corrected chi connectivity index (χ3v) is 2.98. The molecule has 0 amide bonds. The number of hydrogen-bond donors (Lipinski definition) is 1. The van der Waals surface area contributed by atoms with Gasteiger partial charge in [0.05, 0.1) is 12.3 Å². The molecule has 0 aliphatic heterocycles. The van der Waals surface area contributed by atoms with Gasteiger partial charge in [-0.05, 0) is 23.1 Å². The Kier molecular flexibility index (Phi) is 3.38. The Labute approximate surface area is 96.6 Å². The molecular weight excluding hydrogens is 226 g/mol. The van der Waals surface area contributed by atoms with Crippen LogP contribution in [-0.2, 0) is 9.53 Å². The summed E-state index contributed by atoms with van der Waals surface area (Å²) in [6, 6.07) is 3.37. The van der Waals surface area contributed by atoms with Crippen LogP contribution >= 0.6 is 11.3 Å². The Morgan fingerprint density at radius 3 is 3.12 bits per heavy atom. The SMILES string of the molecule is NC(COC=O)c1cscc1-c1ccco1. The van der Waals surface area contributed by atoms with Crippen molar-refractivity contribution in [2.24, 2.45) is 5.73 Å². The lowest BCUT2D eigenvalue weighted by Gasteiger charge is -2.10. The highest BCUT2D eigenvalue weighted by molar-refractivity contribution is 7.08. The molecule has 0 saturated carbocycles. The van der Waals surface area contributed by atoms with Crippen molar-refractivity contribution in [3.63, 3.8) is 0 Å². The fourth-order valence-corrected chi connectivity index (χ4v) is 2.36. The summed E-state index contributed by atoms with van der Waals surface area (Å²) in [6.07, 6.45) is 1.62. The van der Waals surface area contributed by atoms with Crippen LogP contribution in [0.4, 0.5) is 0 Å². The molecule has 2 heterocycles. The van der Waals surface area contributed by atoms with Gasteiger partial charge < -0.3 is 14.9 Å². The van der Waals surface area contributed by atoms with Gasteiger partial charge in [-0.3, -0.25) is 4.79 Å². The Hall–Kier alpha value is -1.59. The summed E-state index contributed by atoms with van der Waals surface area (Å²) in [5.74, 6) is 0.776. The molecule has 2 aromatic heterocycles. The molecule has 0 spiro atoms. The topological polar surface area (TPSA) is 65.5 Å². The zero-order valence-corrected chi connectivity index (χ0v) is 9.28. The van der Waals surface area contributed by atoms with Gasteiger partial charge in [0.15, 0.2) is 0 Å². The van der Waals surface area contributed by atoms with E-state index in [-0.39, 0.29) is 12.6 Å². The summed E-state index contributed by atoms with van der Waals surface area (Å²) < 4.78 is 9.97. The third kappa shape index (κ3) is 2.15. The molecule has 0 aliphatic rings. The number of thiophene rings is 1. The van der Waals surface area contributed by atoms with Crippen molar-refractivity contribution >= 4 is 17.8 Å². The number of nitrogens with two attached hydrogens (primary N) is 1. The summed E-state index contributed by atoms with van der Waals surface area (Å²) in [5, 5.41) is 3.91. The van der Waals surface area contributed by atoms with Gasteiger partial charge in [-0.25, -0.2) is 0 Å². The quantitative estimate of drug-likeness (QED) is 0.809. The first-order valence-corrected chi connectivity index (χ1v) is 5.68. The maximum atomic E-state index is 10.1. The second-order valence-corrected chi connectivity index (χ2v) is 4.00. The van der Waals surface area contributed by atoms with E-state index < -0.39 is 0 Å². The molecule has 16 heavy (non-hydrogen) atoms. The predicted molar refractivity (Wildman–Crippen MR) is 61.0 cm³/mol. The minimum absolute atomic E-state index is 0.175. The van der Waals surface area contributed by atoms with Crippen molar-refractivity contribution in [2.75, 3.05) is 6.61 Å². The van der Waals surface area contributed by atoms with Crippen LogP contribution < -0.4 is 5.73 Å². The number of carbonyl (C=O) groups excluding carboxylic acids is 1. The van der Waals surface area contributed by atoms with Gasteiger partial charge in [0, 0.05) is 10.9 Å². The molecule has 1 unspecified atom stereocenters. The van der Waals surface area contributed by atoms with Gasteiger partial charge in [-0.1, -0.05) is 0 Å². The largest absolute Gasteiger partial charge is 0.466 e. The first-order valence-electron chi connectivity index (χ1n) is 4.73. The summed E-state index contributed by atoms with van der Waals surface area (Å²) in [6.45, 7) is 0.576. The van der Waals surface area contributed by atoms with Crippen molar-refractivity contribution in [2.45, 2.75) is 6.04 Å². The van der Waals surface area contributed by atoms with E-state index in [0.717, 1.165) is 16.9 Å². The minimum Gasteiger partial charge on any atom is -0.466 e. The van der Waals surface area contributed by atoms with Crippen LogP contribution in [0.15, 0.2) is 33.6 Å². The van der Waals surface area contributed by atoms with Crippen LogP contribution in [0.25, 0.3) is 11.3 Å². The predicted octanol–water partition coefficient (Wildman–Crippen LogP) is 2.18. The van der Waals surface area contributed by atoms with Crippen LogP contribution in [0.2, 0.25) is 0 Å². The third-order valence-electron chi connectivity index (χ3n) is 2.22. The van der Waals surface area contributed by atoms with Crippen molar-refractivity contribution < 1.29 is 13.9 Å². The summed E-state index contributed by atoms with van der Waals surface area (Å²) in [7, 11) is 0. The molecule has 2 aromatic rings. The molecule has 1 atom stereocenters. The Bertz CT molecular complexity index is 450. The lowest BCUT2D eigenvalue weighted by Crippen LogP contribution is -2.16. The minimum atomic E-state index is -0.323.